The predicted molar refractivity (Wildman–Crippen MR) is 144 cm³/mol. The molecule has 2 heterocycles. The Labute approximate surface area is 229 Å². The van der Waals surface area contributed by atoms with E-state index in [9.17, 15) is 18.4 Å². The maximum Gasteiger partial charge on any atom is 0.508 e. The molecule has 9 nitrogen and oxygen atoms in total. The molecule has 0 atom stereocenters. The summed E-state index contributed by atoms with van der Waals surface area (Å²) in [7, 11) is 3.66. The Morgan fingerprint density at radius 1 is 0.975 bits per heavy atom. The molecule has 4 aromatic rings. The molecule has 0 aliphatic carbocycles. The van der Waals surface area contributed by atoms with Gasteiger partial charge in [0.2, 0.25) is 5.95 Å². The van der Waals surface area contributed by atoms with Crippen LogP contribution >= 0.6 is 0 Å². The Kier molecular flexibility index (Phi) is 7.56. The lowest BCUT2D eigenvalue weighted by molar-refractivity contribution is 0.0461. The minimum Gasteiger partial charge on any atom is -0.433 e. The van der Waals surface area contributed by atoms with Crippen LogP contribution in [-0.4, -0.2) is 59.1 Å². The van der Waals surface area contributed by atoms with E-state index in [4.69, 9.17) is 15.2 Å². The molecule has 1 aliphatic heterocycles. The molecular weight excluding hydrogens is 520 g/mol. The molecule has 3 aromatic carbocycles. The van der Waals surface area contributed by atoms with Gasteiger partial charge in [0, 0.05) is 30.6 Å². The van der Waals surface area contributed by atoms with Crippen LogP contribution in [0.1, 0.15) is 27.2 Å². The van der Waals surface area contributed by atoms with E-state index in [1.165, 1.54) is 0 Å². The number of carbonyl (C=O) groups excluding carboxylic acids is 2. The fraction of sp³-hybridized carbons (Fsp3) is 0.241. The van der Waals surface area contributed by atoms with Gasteiger partial charge in [-0.15, -0.1) is 0 Å². The molecule has 0 unspecified atom stereocenters. The van der Waals surface area contributed by atoms with Gasteiger partial charge in [-0.25, -0.2) is 23.5 Å². The second-order valence-corrected chi connectivity index (χ2v) is 9.71. The Morgan fingerprint density at radius 2 is 1.68 bits per heavy atom. The monoisotopic (exact) mass is 547 g/mol. The minimum atomic E-state index is -1.09. The highest BCUT2D eigenvalue weighted by Gasteiger charge is 2.27. The first-order valence-corrected chi connectivity index (χ1v) is 12.6. The van der Waals surface area contributed by atoms with Crippen molar-refractivity contribution in [3.05, 3.63) is 88.6 Å². The van der Waals surface area contributed by atoms with Crippen molar-refractivity contribution in [1.82, 2.24) is 19.8 Å². The number of nitrogens with zero attached hydrogens (tertiary/aromatic N) is 4. The number of benzene rings is 3. The molecule has 5 rings (SSSR count). The van der Waals surface area contributed by atoms with E-state index in [-0.39, 0.29) is 41.9 Å². The quantitative estimate of drug-likeness (QED) is 0.336. The molecule has 0 bridgehead atoms. The number of nitrogens with two attached hydrogens (primary N) is 1. The zero-order valence-electron chi connectivity index (χ0n) is 22.0. The lowest BCUT2D eigenvalue weighted by Crippen LogP contribution is -2.27. The average molecular weight is 548 g/mol. The predicted octanol–water partition coefficient (Wildman–Crippen LogP) is 4.53. The molecule has 1 aromatic heterocycles. The number of fused-ring (bicyclic) bond motifs is 2. The Morgan fingerprint density at radius 3 is 2.38 bits per heavy atom. The van der Waals surface area contributed by atoms with Crippen molar-refractivity contribution in [3.63, 3.8) is 0 Å². The Balaban J connectivity index is 1.47. The molecule has 0 fully saturated rings. The van der Waals surface area contributed by atoms with Crippen LogP contribution in [0, 0.1) is 11.6 Å². The molecule has 11 heteroatoms. The van der Waals surface area contributed by atoms with Gasteiger partial charge in [0.1, 0.15) is 18.9 Å². The summed E-state index contributed by atoms with van der Waals surface area (Å²) >= 11 is 0. The summed E-state index contributed by atoms with van der Waals surface area (Å²) in [6.07, 6.45) is -0.931. The topological polar surface area (TPSA) is 111 Å². The zero-order chi connectivity index (χ0) is 28.4. The minimum absolute atomic E-state index is 0.0602. The highest BCUT2D eigenvalue weighted by molar-refractivity contribution is 6.06. The second kappa shape index (κ2) is 11.2. The number of likely N-dealkylation sites (N-methyl/N-ethyl adjacent to an activating group) is 1. The third kappa shape index (κ3) is 5.69. The molecule has 1 aliphatic rings. The highest BCUT2D eigenvalue weighted by Crippen LogP contribution is 2.32. The van der Waals surface area contributed by atoms with Gasteiger partial charge < -0.3 is 25.0 Å². The van der Waals surface area contributed by atoms with Crippen LogP contribution in [0.5, 0.6) is 0 Å². The number of nitrogen functional groups attached to an aromatic ring is 1. The van der Waals surface area contributed by atoms with Gasteiger partial charge in [-0.3, -0.25) is 4.79 Å². The van der Waals surface area contributed by atoms with Crippen LogP contribution in [0.3, 0.4) is 0 Å². The van der Waals surface area contributed by atoms with E-state index >= 15 is 0 Å². The maximum atomic E-state index is 14.4. The van der Waals surface area contributed by atoms with Gasteiger partial charge >= 0.3 is 6.16 Å². The van der Waals surface area contributed by atoms with Crippen LogP contribution in [0.4, 0.5) is 19.5 Å². The van der Waals surface area contributed by atoms with Crippen LogP contribution < -0.4 is 5.73 Å². The van der Waals surface area contributed by atoms with Gasteiger partial charge in [-0.05, 0) is 60.6 Å². The summed E-state index contributed by atoms with van der Waals surface area (Å²) in [5.74, 6) is -2.56. The van der Waals surface area contributed by atoms with Crippen molar-refractivity contribution in [3.8, 4) is 11.1 Å². The first kappa shape index (κ1) is 26.9. The van der Waals surface area contributed by atoms with Crippen molar-refractivity contribution in [2.75, 3.05) is 33.0 Å². The standard InChI is InChI=1S/C29H27F2N5O4/c1-35(2)9-10-39-29(38)40-16-20-12-23(30)24(31)13-21(20)17-7-8-25-22(11-17)26(34-28(32)33-25)27(37)36-14-18-5-3-4-6-19(18)15-36/h3-8,11-13H,9-10,14-16H2,1-2H3,(H2,32,33,34). The molecule has 0 radical (unpaired) electrons. The molecular formula is C29H27F2N5O4. The summed E-state index contributed by atoms with van der Waals surface area (Å²) < 4.78 is 38.8. The van der Waals surface area contributed by atoms with E-state index in [0.717, 1.165) is 23.3 Å². The van der Waals surface area contributed by atoms with Crippen LogP contribution in [0.2, 0.25) is 0 Å². The summed E-state index contributed by atoms with van der Waals surface area (Å²) in [6, 6.07) is 14.7. The number of hydrogen-bond acceptors (Lipinski definition) is 8. The smallest absolute Gasteiger partial charge is 0.433 e. The normalized spacial score (nSPS) is 12.6. The summed E-state index contributed by atoms with van der Waals surface area (Å²) in [6.45, 7) is 1.11. The zero-order valence-corrected chi connectivity index (χ0v) is 22.0. The Bertz CT molecular complexity index is 1590. The van der Waals surface area contributed by atoms with Crippen LogP contribution in [0.15, 0.2) is 54.6 Å². The third-order valence-corrected chi connectivity index (χ3v) is 6.60. The number of aromatic nitrogens is 2. The second-order valence-electron chi connectivity index (χ2n) is 9.71. The molecule has 0 saturated heterocycles. The lowest BCUT2D eigenvalue weighted by atomic mass is 9.97. The van der Waals surface area contributed by atoms with Gasteiger partial charge in [0.15, 0.2) is 11.6 Å². The van der Waals surface area contributed by atoms with Crippen molar-refractivity contribution < 1.29 is 27.8 Å². The van der Waals surface area contributed by atoms with Crippen molar-refractivity contribution in [2.24, 2.45) is 0 Å². The number of carbonyl (C=O) groups is 2. The lowest BCUT2D eigenvalue weighted by Gasteiger charge is -2.17. The van der Waals surface area contributed by atoms with Crippen LogP contribution in [0.25, 0.3) is 22.0 Å². The molecule has 206 valence electrons. The summed E-state index contributed by atoms with van der Waals surface area (Å²) in [5.41, 5.74) is 9.47. The maximum absolute atomic E-state index is 14.4. The fourth-order valence-electron chi connectivity index (χ4n) is 4.57. The van der Waals surface area contributed by atoms with Gasteiger partial charge in [-0.2, -0.15) is 0 Å². The van der Waals surface area contributed by atoms with Crippen molar-refractivity contribution in [1.29, 1.82) is 0 Å². The van der Waals surface area contributed by atoms with Gasteiger partial charge in [-0.1, -0.05) is 30.3 Å². The number of anilines is 1. The van der Waals surface area contributed by atoms with E-state index < -0.39 is 17.8 Å². The van der Waals surface area contributed by atoms with Gasteiger partial charge in [0.05, 0.1) is 5.52 Å². The number of halogens is 2. The molecule has 2 N–H and O–H groups in total. The molecule has 1 amide bonds. The Hall–Kier alpha value is -4.64. The number of hydrogen-bond donors (Lipinski definition) is 1. The van der Waals surface area contributed by atoms with Crippen molar-refractivity contribution in [2.45, 2.75) is 19.7 Å². The fourth-order valence-corrected chi connectivity index (χ4v) is 4.57. The van der Waals surface area contributed by atoms with Crippen LogP contribution in [-0.2, 0) is 29.2 Å². The number of rotatable bonds is 7. The number of amides is 1. The van der Waals surface area contributed by atoms with E-state index in [0.29, 0.717) is 36.1 Å². The largest absolute Gasteiger partial charge is 0.508 e. The average Bonchev–Trinajstić information content (AvgIpc) is 3.36. The van der Waals surface area contributed by atoms with E-state index in [2.05, 4.69) is 9.97 Å². The molecule has 0 saturated carbocycles. The third-order valence-electron chi connectivity index (χ3n) is 6.60. The molecule has 40 heavy (non-hydrogen) atoms. The first-order valence-electron chi connectivity index (χ1n) is 12.6. The SMILES string of the molecule is CN(C)CCOC(=O)OCc1cc(F)c(F)cc1-c1ccc2nc(N)nc(C(=O)N3Cc4ccccc4C3)c2c1. The van der Waals surface area contributed by atoms with E-state index in [1.807, 2.05) is 43.3 Å². The van der Waals surface area contributed by atoms with E-state index in [1.54, 1.807) is 23.1 Å². The highest BCUT2D eigenvalue weighted by atomic mass is 19.2. The first-order chi connectivity index (χ1) is 19.2. The summed E-state index contributed by atoms with van der Waals surface area (Å²) in [4.78, 5) is 37.6. The molecule has 0 spiro atoms. The number of ether oxygens (including phenoxy) is 2. The van der Waals surface area contributed by atoms with Crippen molar-refractivity contribution >= 4 is 28.9 Å². The summed E-state index contributed by atoms with van der Waals surface area (Å²) in [5, 5.41) is 0.396. The van der Waals surface area contributed by atoms with Gasteiger partial charge in [0.25, 0.3) is 5.91 Å².